The molecule has 1 saturated heterocycles. The summed E-state index contributed by atoms with van der Waals surface area (Å²) < 4.78 is 16.5. The Balaban J connectivity index is 2.53. The lowest BCUT2D eigenvalue weighted by molar-refractivity contribution is -0.0648. The molecule has 10 heavy (non-hydrogen) atoms. The molecule has 1 unspecified atom stereocenters. The molecule has 0 bridgehead atoms. The second-order valence-corrected chi connectivity index (χ2v) is 3.58. The minimum Gasteiger partial charge on any atom is -0.394 e. The van der Waals surface area contributed by atoms with Gasteiger partial charge in [0.2, 0.25) is 6.36 Å². The summed E-state index contributed by atoms with van der Waals surface area (Å²) in [7, 11) is 0. The number of halogens is 2. The molecule has 60 valence electrons. The molecule has 5 heteroatoms. The zero-order valence-corrected chi connectivity index (χ0v) is 7.23. The summed E-state index contributed by atoms with van der Waals surface area (Å²) in [5, 5.41) is 17.6. The number of ether oxygens (including phenoxy) is 1. The number of aliphatic hydroxyl groups excluding tert-OH is 2. The highest BCUT2D eigenvalue weighted by atomic mass is 127. The van der Waals surface area contributed by atoms with Crippen molar-refractivity contribution in [1.82, 2.24) is 0 Å². The van der Waals surface area contributed by atoms with Crippen molar-refractivity contribution in [3.8, 4) is 0 Å². The van der Waals surface area contributed by atoms with E-state index in [0.717, 1.165) is 0 Å². The van der Waals surface area contributed by atoms with Crippen LogP contribution in [-0.2, 0) is 4.74 Å². The van der Waals surface area contributed by atoms with E-state index in [1.165, 1.54) is 0 Å². The van der Waals surface area contributed by atoms with Crippen LogP contribution in [0.15, 0.2) is 0 Å². The molecule has 3 nitrogen and oxygen atoms in total. The van der Waals surface area contributed by atoms with Gasteiger partial charge in [-0.15, -0.1) is 0 Å². The zero-order valence-electron chi connectivity index (χ0n) is 5.08. The van der Waals surface area contributed by atoms with Crippen LogP contribution >= 0.6 is 22.6 Å². The normalized spacial score (nSPS) is 48.0. The third kappa shape index (κ3) is 1.41. The van der Waals surface area contributed by atoms with Gasteiger partial charge in [0.25, 0.3) is 0 Å². The Morgan fingerprint density at radius 1 is 1.60 bits per heavy atom. The van der Waals surface area contributed by atoms with Crippen molar-refractivity contribution < 1.29 is 19.3 Å². The fourth-order valence-corrected chi connectivity index (χ4v) is 1.47. The summed E-state index contributed by atoms with van der Waals surface area (Å²) in [5.41, 5.74) is 0. The zero-order chi connectivity index (χ0) is 7.72. The van der Waals surface area contributed by atoms with E-state index in [9.17, 15) is 4.39 Å². The molecule has 0 aromatic heterocycles. The van der Waals surface area contributed by atoms with Crippen molar-refractivity contribution in [2.45, 2.75) is 22.5 Å². The third-order valence-electron chi connectivity index (χ3n) is 1.44. The molecule has 1 aliphatic heterocycles. The molecule has 0 spiro atoms. The van der Waals surface area contributed by atoms with Gasteiger partial charge in [-0.25, -0.2) is 4.39 Å². The third-order valence-corrected chi connectivity index (χ3v) is 2.74. The lowest BCUT2D eigenvalue weighted by atomic mass is 10.2. The first-order chi connectivity index (χ1) is 4.66. The summed E-state index contributed by atoms with van der Waals surface area (Å²) >= 11 is 1.76. The Bertz CT molecular complexity index is 123. The molecule has 1 aliphatic rings. The minimum atomic E-state index is -1.45. The monoisotopic (exact) mass is 262 g/mol. The summed E-state index contributed by atoms with van der Waals surface area (Å²) in [6.45, 7) is -0.332. The van der Waals surface area contributed by atoms with E-state index in [1.54, 1.807) is 22.6 Å². The molecule has 4 atom stereocenters. The molecule has 1 rings (SSSR count). The van der Waals surface area contributed by atoms with Crippen LogP contribution in [0.4, 0.5) is 4.39 Å². The molecule has 0 saturated carbocycles. The Labute approximate surface area is 71.3 Å². The highest BCUT2D eigenvalue weighted by Gasteiger charge is 2.41. The molecule has 0 radical (unpaired) electrons. The van der Waals surface area contributed by atoms with Crippen LogP contribution in [0.3, 0.4) is 0 Å². The van der Waals surface area contributed by atoms with E-state index >= 15 is 0 Å². The van der Waals surface area contributed by atoms with Crippen LogP contribution in [0.25, 0.3) is 0 Å². The predicted octanol–water partition coefficient (Wildman–Crippen LogP) is -0.162. The first-order valence-corrected chi connectivity index (χ1v) is 4.14. The molecule has 2 N–H and O–H groups in total. The number of alkyl halides is 2. The average Bonchev–Trinajstić information content (AvgIpc) is 2.17. The lowest BCUT2D eigenvalue weighted by Gasteiger charge is -2.09. The van der Waals surface area contributed by atoms with Crippen LogP contribution in [0.1, 0.15) is 0 Å². The van der Waals surface area contributed by atoms with Crippen molar-refractivity contribution in [3.05, 3.63) is 0 Å². The van der Waals surface area contributed by atoms with Gasteiger partial charge in [-0.05, 0) is 0 Å². The number of hydrogen-bond donors (Lipinski definition) is 2. The van der Waals surface area contributed by atoms with E-state index in [0.29, 0.717) is 0 Å². The Kier molecular flexibility index (Phi) is 2.84. The van der Waals surface area contributed by atoms with E-state index < -0.39 is 22.5 Å². The molecular formula is C5H8FIO3. The van der Waals surface area contributed by atoms with Gasteiger partial charge in [-0.3, -0.25) is 0 Å². The summed E-state index contributed by atoms with van der Waals surface area (Å²) in [6, 6.07) is 0. The average molecular weight is 262 g/mol. The molecule has 0 aromatic rings. The predicted molar refractivity (Wildman–Crippen MR) is 40.7 cm³/mol. The quantitative estimate of drug-likeness (QED) is 0.510. The van der Waals surface area contributed by atoms with Gasteiger partial charge in [0.15, 0.2) is 0 Å². The van der Waals surface area contributed by atoms with Gasteiger partial charge in [0, 0.05) is 0 Å². The van der Waals surface area contributed by atoms with Crippen LogP contribution in [0.2, 0.25) is 0 Å². The maximum Gasteiger partial charge on any atom is 0.213 e. The standard InChI is InChI=1S/C5H8FIO3/c6-5-3(7)4(9)2(1-8)10-5/h2-5,8-9H,1H2/t2-,3+,4-,5?/m1/s1. The first kappa shape index (κ1) is 8.63. The van der Waals surface area contributed by atoms with Gasteiger partial charge in [-0.1, -0.05) is 22.6 Å². The maximum absolute atomic E-state index is 12.5. The highest BCUT2D eigenvalue weighted by Crippen LogP contribution is 2.27. The van der Waals surface area contributed by atoms with Crippen LogP contribution < -0.4 is 0 Å². The second-order valence-electron chi connectivity index (χ2n) is 2.14. The molecule has 1 heterocycles. The van der Waals surface area contributed by atoms with E-state index in [1.807, 2.05) is 0 Å². The fourth-order valence-electron chi connectivity index (χ4n) is 0.834. The molecular weight excluding hydrogens is 254 g/mol. The first-order valence-electron chi connectivity index (χ1n) is 2.89. The van der Waals surface area contributed by atoms with E-state index in [4.69, 9.17) is 10.2 Å². The van der Waals surface area contributed by atoms with Crippen molar-refractivity contribution in [1.29, 1.82) is 0 Å². The van der Waals surface area contributed by atoms with Gasteiger partial charge in [0.1, 0.15) is 6.10 Å². The van der Waals surface area contributed by atoms with Crippen molar-refractivity contribution in [2.24, 2.45) is 0 Å². The lowest BCUT2D eigenvalue weighted by Crippen LogP contribution is -2.29. The van der Waals surface area contributed by atoms with Gasteiger partial charge in [0.05, 0.1) is 16.6 Å². The maximum atomic E-state index is 12.5. The Morgan fingerprint density at radius 2 is 2.20 bits per heavy atom. The number of hydrogen-bond acceptors (Lipinski definition) is 3. The fraction of sp³-hybridized carbons (Fsp3) is 1.00. The smallest absolute Gasteiger partial charge is 0.213 e. The van der Waals surface area contributed by atoms with Crippen molar-refractivity contribution >= 4 is 22.6 Å². The van der Waals surface area contributed by atoms with Crippen molar-refractivity contribution in [3.63, 3.8) is 0 Å². The minimum absolute atomic E-state index is 0.332. The van der Waals surface area contributed by atoms with Crippen LogP contribution in [0.5, 0.6) is 0 Å². The largest absolute Gasteiger partial charge is 0.394 e. The highest BCUT2D eigenvalue weighted by molar-refractivity contribution is 14.1. The summed E-state index contributed by atoms with van der Waals surface area (Å²) in [4.78, 5) is 0. The van der Waals surface area contributed by atoms with Gasteiger partial charge in [-0.2, -0.15) is 0 Å². The Morgan fingerprint density at radius 3 is 2.40 bits per heavy atom. The summed E-state index contributed by atoms with van der Waals surface area (Å²) in [5.74, 6) is 0. The molecule has 0 aromatic carbocycles. The topological polar surface area (TPSA) is 49.7 Å². The molecule has 0 amide bonds. The SMILES string of the molecule is OC[C@H]1OC(F)[C@@H](I)[C@@H]1O. The van der Waals surface area contributed by atoms with Crippen LogP contribution in [-0.4, -0.2) is 39.3 Å². The van der Waals surface area contributed by atoms with Gasteiger partial charge < -0.3 is 14.9 Å². The molecule has 1 fully saturated rings. The van der Waals surface area contributed by atoms with Crippen molar-refractivity contribution in [2.75, 3.05) is 6.61 Å². The number of rotatable bonds is 1. The summed E-state index contributed by atoms with van der Waals surface area (Å²) in [6.07, 6.45) is -3.09. The Hall–Kier alpha value is 0.540. The van der Waals surface area contributed by atoms with Crippen LogP contribution in [0, 0.1) is 0 Å². The molecule has 0 aliphatic carbocycles. The van der Waals surface area contributed by atoms with E-state index in [-0.39, 0.29) is 6.61 Å². The second kappa shape index (κ2) is 3.29. The number of aliphatic hydroxyl groups is 2. The van der Waals surface area contributed by atoms with Gasteiger partial charge >= 0.3 is 0 Å². The van der Waals surface area contributed by atoms with E-state index in [2.05, 4.69) is 4.74 Å².